The van der Waals surface area contributed by atoms with E-state index < -0.39 is 0 Å². The van der Waals surface area contributed by atoms with Gasteiger partial charge in [0, 0.05) is 23.8 Å². The molecule has 0 fully saturated rings. The van der Waals surface area contributed by atoms with Crippen molar-refractivity contribution in [1.82, 2.24) is 4.98 Å². The van der Waals surface area contributed by atoms with Gasteiger partial charge in [0.15, 0.2) is 0 Å². The van der Waals surface area contributed by atoms with Crippen LogP contribution < -0.4 is 4.90 Å². The Morgan fingerprint density at radius 3 is 2.33 bits per heavy atom. The predicted octanol–water partition coefficient (Wildman–Crippen LogP) is 3.71. The highest BCUT2D eigenvalue weighted by molar-refractivity contribution is 9.10. The summed E-state index contributed by atoms with van der Waals surface area (Å²) in [6.07, 6.45) is 1.83. The Hall–Kier alpha value is -0.570. The van der Waals surface area contributed by atoms with Crippen LogP contribution in [0.3, 0.4) is 0 Å². The molecule has 1 rings (SSSR count). The van der Waals surface area contributed by atoms with Gasteiger partial charge in [0.1, 0.15) is 5.82 Å². The van der Waals surface area contributed by atoms with Crippen molar-refractivity contribution in [2.75, 3.05) is 11.9 Å². The van der Waals surface area contributed by atoms with Crippen molar-refractivity contribution < 1.29 is 0 Å². The van der Waals surface area contributed by atoms with E-state index in [2.05, 4.69) is 60.6 Å². The minimum absolute atomic E-state index is 0.253. The van der Waals surface area contributed by atoms with Crippen LogP contribution >= 0.6 is 15.9 Å². The largest absolute Gasteiger partial charge is 0.356 e. The molecule has 1 aromatic heterocycles. The summed E-state index contributed by atoms with van der Waals surface area (Å²) in [7, 11) is 2.09. The van der Waals surface area contributed by atoms with Crippen molar-refractivity contribution in [2.45, 2.75) is 33.7 Å². The third-order valence-electron chi connectivity index (χ3n) is 2.91. The number of hydrogen-bond acceptors (Lipinski definition) is 2. The van der Waals surface area contributed by atoms with Crippen LogP contribution in [0.1, 0.15) is 27.7 Å². The molecule has 0 radical (unpaired) electrons. The lowest BCUT2D eigenvalue weighted by atomic mass is 9.87. The summed E-state index contributed by atoms with van der Waals surface area (Å²) >= 11 is 3.39. The fraction of sp³-hybridized carbons (Fsp3) is 0.583. The summed E-state index contributed by atoms with van der Waals surface area (Å²) in [5.41, 5.74) is 0.253. The van der Waals surface area contributed by atoms with Crippen molar-refractivity contribution in [3.8, 4) is 0 Å². The minimum Gasteiger partial charge on any atom is -0.356 e. The number of halogens is 1. The van der Waals surface area contributed by atoms with Crippen molar-refractivity contribution in [1.29, 1.82) is 0 Å². The summed E-state index contributed by atoms with van der Waals surface area (Å²) in [5, 5.41) is 0. The van der Waals surface area contributed by atoms with Gasteiger partial charge in [-0.2, -0.15) is 0 Å². The molecular formula is C12H19BrN2. The van der Waals surface area contributed by atoms with E-state index in [9.17, 15) is 0 Å². The quantitative estimate of drug-likeness (QED) is 0.815. The maximum Gasteiger partial charge on any atom is 0.128 e. The standard InChI is InChI=1S/C12H19BrN2/c1-9(12(2,3)4)15(5)11-7-6-10(13)8-14-11/h6-9H,1-5H3. The highest BCUT2D eigenvalue weighted by Crippen LogP contribution is 2.26. The molecule has 2 nitrogen and oxygen atoms in total. The number of anilines is 1. The molecule has 1 unspecified atom stereocenters. The monoisotopic (exact) mass is 270 g/mol. The van der Waals surface area contributed by atoms with Gasteiger partial charge in [0.25, 0.3) is 0 Å². The summed E-state index contributed by atoms with van der Waals surface area (Å²) in [6, 6.07) is 4.51. The normalized spacial score (nSPS) is 13.7. The summed E-state index contributed by atoms with van der Waals surface area (Å²) in [4.78, 5) is 6.61. The van der Waals surface area contributed by atoms with E-state index in [1.807, 2.05) is 18.3 Å². The second-order valence-electron chi connectivity index (χ2n) is 4.99. The first kappa shape index (κ1) is 12.5. The average molecular weight is 271 g/mol. The van der Waals surface area contributed by atoms with E-state index in [1.165, 1.54) is 0 Å². The van der Waals surface area contributed by atoms with Crippen molar-refractivity contribution in [2.24, 2.45) is 5.41 Å². The highest BCUT2D eigenvalue weighted by Gasteiger charge is 2.24. The zero-order chi connectivity index (χ0) is 11.6. The zero-order valence-electron chi connectivity index (χ0n) is 10.1. The molecule has 0 saturated heterocycles. The smallest absolute Gasteiger partial charge is 0.128 e. The summed E-state index contributed by atoms with van der Waals surface area (Å²) in [5.74, 6) is 1.01. The molecule has 15 heavy (non-hydrogen) atoms. The molecule has 0 aliphatic rings. The van der Waals surface area contributed by atoms with Crippen LogP contribution in [-0.4, -0.2) is 18.1 Å². The third kappa shape index (κ3) is 3.20. The van der Waals surface area contributed by atoms with E-state index in [1.54, 1.807) is 0 Å². The van der Waals surface area contributed by atoms with E-state index >= 15 is 0 Å². The van der Waals surface area contributed by atoms with Crippen molar-refractivity contribution in [3.05, 3.63) is 22.8 Å². The fourth-order valence-electron chi connectivity index (χ4n) is 1.36. The van der Waals surface area contributed by atoms with Gasteiger partial charge in [0.2, 0.25) is 0 Å². The molecule has 0 aliphatic carbocycles. The second-order valence-corrected chi connectivity index (χ2v) is 5.90. The predicted molar refractivity (Wildman–Crippen MR) is 69.3 cm³/mol. The Morgan fingerprint density at radius 1 is 1.33 bits per heavy atom. The number of hydrogen-bond donors (Lipinski definition) is 0. The van der Waals surface area contributed by atoms with Crippen LogP contribution in [0, 0.1) is 5.41 Å². The third-order valence-corrected chi connectivity index (χ3v) is 3.38. The molecule has 0 amide bonds. The first-order valence-electron chi connectivity index (χ1n) is 5.17. The lowest BCUT2D eigenvalue weighted by Crippen LogP contribution is -2.39. The molecule has 1 atom stereocenters. The van der Waals surface area contributed by atoms with E-state index in [0.29, 0.717) is 6.04 Å². The SMILES string of the molecule is CC(N(C)c1ccc(Br)cn1)C(C)(C)C. The number of nitrogens with zero attached hydrogens (tertiary/aromatic N) is 2. The van der Waals surface area contributed by atoms with Crippen LogP contribution in [0.25, 0.3) is 0 Å². The van der Waals surface area contributed by atoms with Crippen LogP contribution in [0.4, 0.5) is 5.82 Å². The molecule has 0 spiro atoms. The topological polar surface area (TPSA) is 16.1 Å². The van der Waals surface area contributed by atoms with Gasteiger partial charge in [-0.15, -0.1) is 0 Å². The van der Waals surface area contributed by atoms with E-state index in [4.69, 9.17) is 0 Å². The number of aromatic nitrogens is 1. The number of rotatable bonds is 2. The van der Waals surface area contributed by atoms with Crippen LogP contribution in [-0.2, 0) is 0 Å². The van der Waals surface area contributed by atoms with Crippen LogP contribution in [0.2, 0.25) is 0 Å². The molecule has 0 N–H and O–H groups in total. The fourth-order valence-corrected chi connectivity index (χ4v) is 1.59. The molecule has 0 saturated carbocycles. The van der Waals surface area contributed by atoms with Gasteiger partial charge >= 0.3 is 0 Å². The zero-order valence-corrected chi connectivity index (χ0v) is 11.7. The van der Waals surface area contributed by atoms with Gasteiger partial charge in [-0.25, -0.2) is 4.98 Å². The van der Waals surface area contributed by atoms with Gasteiger partial charge in [-0.1, -0.05) is 20.8 Å². The minimum atomic E-state index is 0.253. The summed E-state index contributed by atoms with van der Waals surface area (Å²) < 4.78 is 1.02. The van der Waals surface area contributed by atoms with Crippen molar-refractivity contribution in [3.63, 3.8) is 0 Å². The first-order valence-corrected chi connectivity index (χ1v) is 5.96. The van der Waals surface area contributed by atoms with Gasteiger partial charge in [0.05, 0.1) is 0 Å². The average Bonchev–Trinajstić information content (AvgIpc) is 2.15. The van der Waals surface area contributed by atoms with Gasteiger partial charge in [-0.3, -0.25) is 0 Å². The molecule has 1 heterocycles. The molecule has 0 aliphatic heterocycles. The summed E-state index contributed by atoms with van der Waals surface area (Å²) in [6.45, 7) is 8.96. The molecule has 0 aromatic carbocycles. The Kier molecular flexibility index (Phi) is 3.77. The highest BCUT2D eigenvalue weighted by atomic mass is 79.9. The lowest BCUT2D eigenvalue weighted by Gasteiger charge is -2.36. The van der Waals surface area contributed by atoms with E-state index in [0.717, 1.165) is 10.3 Å². The molecular weight excluding hydrogens is 252 g/mol. The molecule has 1 aromatic rings. The Balaban J connectivity index is 2.85. The maximum atomic E-state index is 4.39. The lowest BCUT2D eigenvalue weighted by molar-refractivity contribution is 0.328. The second kappa shape index (κ2) is 4.52. The molecule has 3 heteroatoms. The Bertz CT molecular complexity index is 313. The Morgan fingerprint density at radius 2 is 1.93 bits per heavy atom. The van der Waals surface area contributed by atoms with Crippen molar-refractivity contribution >= 4 is 21.7 Å². The first-order chi connectivity index (χ1) is 6.82. The van der Waals surface area contributed by atoms with Crippen LogP contribution in [0.15, 0.2) is 22.8 Å². The van der Waals surface area contributed by atoms with E-state index in [-0.39, 0.29) is 5.41 Å². The number of pyridine rings is 1. The maximum absolute atomic E-state index is 4.39. The van der Waals surface area contributed by atoms with Crippen LogP contribution in [0.5, 0.6) is 0 Å². The van der Waals surface area contributed by atoms with Gasteiger partial charge < -0.3 is 4.90 Å². The Labute approximate surface area is 101 Å². The van der Waals surface area contributed by atoms with Gasteiger partial charge in [-0.05, 0) is 40.4 Å². The molecule has 84 valence electrons. The molecule has 0 bridgehead atoms.